The molecule has 1 heterocycles. The van der Waals surface area contributed by atoms with Gasteiger partial charge < -0.3 is 14.9 Å². The summed E-state index contributed by atoms with van der Waals surface area (Å²) in [5.41, 5.74) is 5.59. The second kappa shape index (κ2) is 3.25. The quantitative estimate of drug-likeness (QED) is 0.669. The molecule has 1 aromatic rings. The Morgan fingerprint density at radius 3 is 2.91 bits per heavy atom. The molecule has 0 aliphatic carbocycles. The molecule has 0 saturated heterocycles. The van der Waals surface area contributed by atoms with Crippen LogP contribution in [0.1, 0.15) is 11.8 Å². The molecule has 0 amide bonds. The summed E-state index contributed by atoms with van der Waals surface area (Å²) in [5.74, 6) is 1.13. The first kappa shape index (κ1) is 7.88. The highest BCUT2D eigenvalue weighted by molar-refractivity contribution is 5.16. The highest BCUT2D eigenvalue weighted by atomic mass is 16.6. The lowest BCUT2D eigenvalue weighted by molar-refractivity contribution is 0.292. The Kier molecular flexibility index (Phi) is 2.33. The first-order valence-electron chi connectivity index (χ1n) is 3.29. The molecule has 60 valence electrons. The van der Waals surface area contributed by atoms with Gasteiger partial charge in [0.15, 0.2) is 0 Å². The van der Waals surface area contributed by atoms with Crippen molar-refractivity contribution in [1.29, 1.82) is 0 Å². The lowest BCUT2D eigenvalue weighted by Gasteiger charge is -1.99. The molecule has 1 aromatic heterocycles. The molecule has 0 radical (unpaired) electrons. The molecule has 0 aliphatic heterocycles. The van der Waals surface area contributed by atoms with Crippen molar-refractivity contribution in [2.45, 2.75) is 6.04 Å². The molecule has 1 atom stereocenters. The van der Waals surface area contributed by atoms with E-state index in [0.717, 1.165) is 0 Å². The summed E-state index contributed by atoms with van der Waals surface area (Å²) in [7, 11) is 1.54. The fourth-order valence-electron chi connectivity index (χ4n) is 0.739. The summed E-state index contributed by atoms with van der Waals surface area (Å²) < 4.78 is 10.00. The Morgan fingerprint density at radius 2 is 2.45 bits per heavy atom. The fourth-order valence-corrected chi connectivity index (χ4v) is 0.739. The summed E-state index contributed by atoms with van der Waals surface area (Å²) >= 11 is 0. The number of hydrogen-bond acceptors (Lipinski definition) is 3. The molecular formula is C8H11NO2. The Hall–Kier alpha value is -1.22. The predicted octanol–water partition coefficient (Wildman–Crippen LogP) is 1.47. The maximum absolute atomic E-state index is 5.59. The third-order valence-electron chi connectivity index (χ3n) is 1.39. The molecule has 1 rings (SSSR count). The van der Waals surface area contributed by atoms with Crippen LogP contribution in [0.5, 0.6) is 5.95 Å². The van der Waals surface area contributed by atoms with Gasteiger partial charge in [-0.15, -0.1) is 6.58 Å². The highest BCUT2D eigenvalue weighted by Gasteiger charge is 2.06. The molecule has 0 bridgehead atoms. The topological polar surface area (TPSA) is 48.4 Å². The van der Waals surface area contributed by atoms with Crippen LogP contribution in [0, 0.1) is 0 Å². The van der Waals surface area contributed by atoms with E-state index in [1.54, 1.807) is 25.3 Å². The van der Waals surface area contributed by atoms with Gasteiger partial charge in [0.25, 0.3) is 5.95 Å². The summed E-state index contributed by atoms with van der Waals surface area (Å²) in [5, 5.41) is 0. The van der Waals surface area contributed by atoms with Gasteiger partial charge in [-0.3, -0.25) is 0 Å². The van der Waals surface area contributed by atoms with Crippen LogP contribution >= 0.6 is 0 Å². The van der Waals surface area contributed by atoms with Crippen LogP contribution in [0.4, 0.5) is 0 Å². The maximum atomic E-state index is 5.59. The van der Waals surface area contributed by atoms with Crippen LogP contribution < -0.4 is 10.5 Å². The first-order valence-corrected chi connectivity index (χ1v) is 3.29. The third kappa shape index (κ3) is 1.62. The fraction of sp³-hybridized carbons (Fsp3) is 0.250. The first-order chi connectivity index (χ1) is 5.27. The van der Waals surface area contributed by atoms with Gasteiger partial charge in [-0.2, -0.15) is 0 Å². The van der Waals surface area contributed by atoms with Crippen molar-refractivity contribution in [3.8, 4) is 5.95 Å². The minimum absolute atomic E-state index is 0.251. The van der Waals surface area contributed by atoms with Crippen molar-refractivity contribution in [3.05, 3.63) is 30.5 Å². The van der Waals surface area contributed by atoms with Gasteiger partial charge in [-0.1, -0.05) is 6.08 Å². The Balaban J connectivity index is 2.79. The Morgan fingerprint density at radius 1 is 1.73 bits per heavy atom. The molecule has 0 spiro atoms. The van der Waals surface area contributed by atoms with Crippen molar-refractivity contribution in [2.24, 2.45) is 5.73 Å². The van der Waals surface area contributed by atoms with E-state index in [4.69, 9.17) is 14.9 Å². The third-order valence-corrected chi connectivity index (χ3v) is 1.39. The number of ether oxygens (including phenoxy) is 1. The molecule has 0 unspecified atom stereocenters. The molecule has 3 nitrogen and oxygen atoms in total. The van der Waals surface area contributed by atoms with Gasteiger partial charge in [0.05, 0.1) is 13.2 Å². The van der Waals surface area contributed by atoms with Crippen LogP contribution in [0.3, 0.4) is 0 Å². The second-order valence-electron chi connectivity index (χ2n) is 2.12. The molecular weight excluding hydrogens is 142 g/mol. The van der Waals surface area contributed by atoms with E-state index in [0.29, 0.717) is 11.7 Å². The lowest BCUT2D eigenvalue weighted by atomic mass is 10.2. The minimum atomic E-state index is -0.251. The van der Waals surface area contributed by atoms with Crippen molar-refractivity contribution < 1.29 is 9.15 Å². The smallest absolute Gasteiger partial charge is 0.284 e. The highest BCUT2D eigenvalue weighted by Crippen LogP contribution is 2.20. The van der Waals surface area contributed by atoms with Crippen LogP contribution in [0.15, 0.2) is 29.2 Å². The van der Waals surface area contributed by atoms with Crippen LogP contribution in [-0.2, 0) is 0 Å². The van der Waals surface area contributed by atoms with E-state index >= 15 is 0 Å². The summed E-state index contributed by atoms with van der Waals surface area (Å²) in [4.78, 5) is 0. The average Bonchev–Trinajstić information content (AvgIpc) is 2.50. The second-order valence-corrected chi connectivity index (χ2v) is 2.12. The molecule has 0 aliphatic rings. The molecule has 0 fully saturated rings. The number of nitrogens with two attached hydrogens (primary N) is 1. The zero-order chi connectivity index (χ0) is 8.27. The summed E-state index contributed by atoms with van der Waals surface area (Å²) in [6.45, 7) is 3.55. The predicted molar refractivity (Wildman–Crippen MR) is 42.4 cm³/mol. The summed E-state index contributed by atoms with van der Waals surface area (Å²) in [6, 6.07) is 3.24. The zero-order valence-electron chi connectivity index (χ0n) is 6.41. The van der Waals surface area contributed by atoms with E-state index in [-0.39, 0.29) is 6.04 Å². The Bertz CT molecular complexity index is 242. The van der Waals surface area contributed by atoms with Gasteiger partial charge in [0.1, 0.15) is 5.76 Å². The van der Waals surface area contributed by atoms with Gasteiger partial charge >= 0.3 is 0 Å². The van der Waals surface area contributed by atoms with Crippen LogP contribution in [0.2, 0.25) is 0 Å². The molecule has 0 aromatic carbocycles. The van der Waals surface area contributed by atoms with Gasteiger partial charge in [0, 0.05) is 6.07 Å². The summed E-state index contributed by atoms with van der Waals surface area (Å²) in [6.07, 6.45) is 1.61. The molecule has 0 saturated carbocycles. The Labute approximate surface area is 65.4 Å². The van der Waals surface area contributed by atoms with Crippen molar-refractivity contribution in [2.75, 3.05) is 7.11 Å². The standard InChI is InChI=1S/C8H11NO2/c1-3-6(9)7-4-5-8(10-2)11-7/h3-6H,1,9H2,2H3/t6-/m1/s1. The average molecular weight is 153 g/mol. The molecule has 2 N–H and O–H groups in total. The van der Waals surface area contributed by atoms with Crippen LogP contribution in [-0.4, -0.2) is 7.11 Å². The van der Waals surface area contributed by atoms with E-state index in [1.165, 1.54) is 0 Å². The van der Waals surface area contributed by atoms with Crippen LogP contribution in [0.25, 0.3) is 0 Å². The van der Waals surface area contributed by atoms with E-state index in [9.17, 15) is 0 Å². The largest absolute Gasteiger partial charge is 0.468 e. The van der Waals surface area contributed by atoms with E-state index in [2.05, 4.69) is 6.58 Å². The number of furan rings is 1. The van der Waals surface area contributed by atoms with Crippen molar-refractivity contribution in [1.82, 2.24) is 0 Å². The molecule has 11 heavy (non-hydrogen) atoms. The maximum Gasteiger partial charge on any atom is 0.284 e. The van der Waals surface area contributed by atoms with Crippen molar-refractivity contribution >= 4 is 0 Å². The van der Waals surface area contributed by atoms with E-state index in [1.807, 2.05) is 0 Å². The number of methoxy groups -OCH3 is 1. The van der Waals surface area contributed by atoms with Gasteiger partial charge in [-0.05, 0) is 6.07 Å². The monoisotopic (exact) mass is 153 g/mol. The SMILES string of the molecule is C=C[C@@H](N)c1ccc(OC)o1. The van der Waals surface area contributed by atoms with Gasteiger partial charge in [-0.25, -0.2) is 0 Å². The van der Waals surface area contributed by atoms with Crippen molar-refractivity contribution in [3.63, 3.8) is 0 Å². The lowest BCUT2D eigenvalue weighted by Crippen LogP contribution is -2.04. The number of hydrogen-bond donors (Lipinski definition) is 1. The normalized spacial score (nSPS) is 12.5. The van der Waals surface area contributed by atoms with E-state index < -0.39 is 0 Å². The number of rotatable bonds is 3. The molecule has 3 heteroatoms. The van der Waals surface area contributed by atoms with Gasteiger partial charge in [0.2, 0.25) is 0 Å². The minimum Gasteiger partial charge on any atom is -0.468 e. The zero-order valence-corrected chi connectivity index (χ0v) is 6.41.